The van der Waals surface area contributed by atoms with Gasteiger partial charge in [0, 0.05) is 37.2 Å². The average Bonchev–Trinajstić information content (AvgIpc) is 2.64. The van der Waals surface area contributed by atoms with E-state index < -0.39 is 22.5 Å². The maximum atomic E-state index is 12.7. The summed E-state index contributed by atoms with van der Waals surface area (Å²) in [5.41, 5.74) is -0.0220. The normalized spacial score (nSPS) is 10.1. The van der Waals surface area contributed by atoms with Gasteiger partial charge in [-0.2, -0.15) is 5.26 Å². The molecule has 0 radical (unpaired) electrons. The van der Waals surface area contributed by atoms with E-state index in [-0.39, 0.29) is 24.1 Å². The van der Waals surface area contributed by atoms with Crippen molar-refractivity contribution < 1.29 is 19.6 Å². The summed E-state index contributed by atoms with van der Waals surface area (Å²) in [4.78, 5) is 37.2. The van der Waals surface area contributed by atoms with Crippen LogP contribution in [0, 0.1) is 21.4 Å². The number of nitro benzene ring substituents is 1. The molecule has 0 atom stereocenters. The number of nitrogens with zero attached hydrogens (tertiary/aromatic N) is 4. The summed E-state index contributed by atoms with van der Waals surface area (Å²) in [5.74, 6) is -1.72. The number of halogens is 1. The molecule has 1 aromatic rings. The van der Waals surface area contributed by atoms with Gasteiger partial charge in [0.1, 0.15) is 19.5 Å². The molecule has 0 unspecified atom stereocenters. The Kier molecular flexibility index (Phi) is 9.00. The second-order valence-corrected chi connectivity index (χ2v) is 6.88. The quantitative estimate of drug-likeness (QED) is 0.174. The van der Waals surface area contributed by atoms with Crippen LogP contribution in [-0.2, 0) is 4.79 Å². The number of carbonyl (C=O) groups is 2. The van der Waals surface area contributed by atoms with Gasteiger partial charge in [0.2, 0.25) is 0 Å². The van der Waals surface area contributed by atoms with Crippen LogP contribution in [0.4, 0.5) is 11.4 Å². The third kappa shape index (κ3) is 6.09. The topological polar surface area (TPSA) is 128 Å². The van der Waals surface area contributed by atoms with E-state index in [0.29, 0.717) is 18.8 Å². The van der Waals surface area contributed by atoms with E-state index >= 15 is 0 Å². The summed E-state index contributed by atoms with van der Waals surface area (Å²) < 4.78 is 0.779. The van der Waals surface area contributed by atoms with E-state index in [1.54, 1.807) is 0 Å². The van der Waals surface area contributed by atoms with Crippen LogP contribution in [0.2, 0.25) is 6.32 Å². The Labute approximate surface area is 171 Å². The van der Waals surface area contributed by atoms with Crippen molar-refractivity contribution in [3.63, 3.8) is 0 Å². The van der Waals surface area contributed by atoms with Gasteiger partial charge in [0.25, 0.3) is 11.6 Å². The first-order valence-corrected chi connectivity index (χ1v) is 9.80. The zero-order valence-corrected chi connectivity index (χ0v) is 17.3. The van der Waals surface area contributed by atoms with E-state index in [1.807, 2.05) is 18.8 Å². The molecule has 0 fully saturated rings. The highest BCUT2D eigenvalue weighted by Gasteiger charge is 2.27. The van der Waals surface area contributed by atoms with Gasteiger partial charge in [-0.05, 0) is 6.07 Å². The monoisotopic (exact) mass is 486 g/mol. The molecule has 0 heterocycles. The van der Waals surface area contributed by atoms with E-state index in [2.05, 4.69) is 22.6 Å². The third-order valence-corrected chi connectivity index (χ3v) is 4.34. The molecule has 27 heavy (non-hydrogen) atoms. The Morgan fingerprint density at radius 2 is 2.04 bits per heavy atom. The molecule has 0 aliphatic carbocycles. The first-order chi connectivity index (χ1) is 12.8. The minimum atomic E-state index is -1.07. The summed E-state index contributed by atoms with van der Waals surface area (Å²) in [5, 5.41) is 29.6. The number of carbonyl (C=O) groups excluding carboxylic acids is 1. The lowest BCUT2D eigenvalue weighted by molar-refractivity contribution is -0.385. The van der Waals surface area contributed by atoms with Crippen LogP contribution in [0.1, 0.15) is 22.3 Å². The first-order valence-electron chi connectivity index (χ1n) is 8.27. The van der Waals surface area contributed by atoms with Crippen LogP contribution in [0.5, 0.6) is 0 Å². The Morgan fingerprint density at radius 1 is 1.37 bits per heavy atom. The van der Waals surface area contributed by atoms with Crippen LogP contribution in [0.15, 0.2) is 12.1 Å². The van der Waals surface area contributed by atoms with E-state index in [9.17, 15) is 25.0 Å². The molecular formula is C16H20BIN4O5. The molecular weight excluding hydrogens is 466 g/mol. The maximum absolute atomic E-state index is 12.7. The number of nitro groups is 1. The van der Waals surface area contributed by atoms with Gasteiger partial charge in [-0.25, -0.2) is 0 Å². The van der Waals surface area contributed by atoms with Gasteiger partial charge >= 0.3 is 5.97 Å². The molecule has 0 aliphatic rings. The third-order valence-electron chi connectivity index (χ3n) is 3.86. The first kappa shape index (κ1) is 22.7. The lowest BCUT2D eigenvalue weighted by Gasteiger charge is -2.25. The molecule has 0 saturated carbocycles. The standard InChI is InChI=1S/C16H20BIN4O5/c1-20(5-2-15(23)24)16(25)12-9-13(21(6-3-17)7-4-18)11(10-19)8-14(12)22(26)27/h8-9H,2-7,17H2,1H3,(H,23,24). The predicted octanol–water partition coefficient (Wildman–Crippen LogP) is 1.31. The highest BCUT2D eigenvalue weighted by atomic mass is 127. The number of rotatable bonds is 10. The average molecular weight is 486 g/mol. The van der Waals surface area contributed by atoms with Crippen molar-refractivity contribution in [3.8, 4) is 6.07 Å². The lowest BCUT2D eigenvalue weighted by atomic mass is 10.0. The molecule has 0 saturated heterocycles. The van der Waals surface area contributed by atoms with Crippen molar-refractivity contribution in [1.82, 2.24) is 4.90 Å². The highest BCUT2D eigenvalue weighted by Crippen LogP contribution is 2.30. The van der Waals surface area contributed by atoms with Crippen molar-refractivity contribution in [1.29, 1.82) is 5.26 Å². The Balaban J connectivity index is 3.45. The van der Waals surface area contributed by atoms with Crippen molar-refractivity contribution in [2.75, 3.05) is 36.0 Å². The zero-order chi connectivity index (χ0) is 20.6. The number of anilines is 1. The Morgan fingerprint density at radius 3 is 2.52 bits per heavy atom. The fraction of sp³-hybridized carbons (Fsp3) is 0.438. The van der Waals surface area contributed by atoms with Gasteiger partial charge in [-0.1, -0.05) is 28.9 Å². The second-order valence-electron chi connectivity index (χ2n) is 5.80. The number of carboxylic acid groups (broad SMARTS) is 1. The lowest BCUT2D eigenvalue weighted by Crippen LogP contribution is -2.31. The molecule has 1 N–H and O–H groups in total. The number of nitriles is 1. The minimum absolute atomic E-state index is 0.0763. The van der Waals surface area contributed by atoms with Gasteiger partial charge in [0.05, 0.1) is 22.6 Å². The molecule has 9 nitrogen and oxygen atoms in total. The molecule has 1 aromatic carbocycles. The summed E-state index contributed by atoms with van der Waals surface area (Å²) in [7, 11) is 3.37. The fourth-order valence-corrected chi connectivity index (χ4v) is 3.13. The van der Waals surface area contributed by atoms with Gasteiger partial charge < -0.3 is 14.9 Å². The summed E-state index contributed by atoms with van der Waals surface area (Å²) in [6.45, 7) is 1.19. The number of aliphatic carboxylic acids is 1. The smallest absolute Gasteiger partial charge is 0.305 e. The number of hydrogen-bond donors (Lipinski definition) is 1. The molecule has 0 bridgehead atoms. The SMILES string of the molecule is BCCN(CCI)c1cc(C(=O)N(C)CCC(=O)O)c([N+](=O)[O-])cc1C#N. The zero-order valence-electron chi connectivity index (χ0n) is 15.1. The highest BCUT2D eigenvalue weighted by molar-refractivity contribution is 14.1. The van der Waals surface area contributed by atoms with Crippen molar-refractivity contribution in [2.24, 2.45) is 0 Å². The summed E-state index contributed by atoms with van der Waals surface area (Å²) in [6.07, 6.45) is 0.538. The summed E-state index contributed by atoms with van der Waals surface area (Å²) >= 11 is 2.20. The fourth-order valence-electron chi connectivity index (χ4n) is 2.55. The number of amides is 1. The molecule has 1 amide bonds. The second kappa shape index (κ2) is 10.7. The molecule has 0 spiro atoms. The number of alkyl halides is 1. The number of benzene rings is 1. The van der Waals surface area contributed by atoms with Crippen LogP contribution < -0.4 is 4.90 Å². The molecule has 0 aromatic heterocycles. The van der Waals surface area contributed by atoms with Crippen molar-refractivity contribution >= 4 is 53.7 Å². The maximum Gasteiger partial charge on any atom is 0.305 e. The largest absolute Gasteiger partial charge is 0.481 e. The van der Waals surface area contributed by atoms with E-state index in [4.69, 9.17) is 5.11 Å². The van der Waals surface area contributed by atoms with Crippen LogP contribution in [0.3, 0.4) is 0 Å². The minimum Gasteiger partial charge on any atom is -0.481 e. The van der Waals surface area contributed by atoms with Crippen molar-refractivity contribution in [2.45, 2.75) is 12.7 Å². The number of carboxylic acids is 1. The van der Waals surface area contributed by atoms with Crippen molar-refractivity contribution in [3.05, 3.63) is 33.4 Å². The van der Waals surface area contributed by atoms with Crippen LogP contribution in [0.25, 0.3) is 0 Å². The van der Waals surface area contributed by atoms with Gasteiger partial charge in [-0.15, -0.1) is 0 Å². The summed E-state index contributed by atoms with van der Waals surface area (Å²) in [6, 6.07) is 4.46. The molecule has 144 valence electrons. The van der Waals surface area contributed by atoms with Crippen LogP contribution in [-0.4, -0.2) is 65.8 Å². The van der Waals surface area contributed by atoms with Gasteiger partial charge in [-0.3, -0.25) is 19.7 Å². The Hall–Kier alpha value is -2.36. The molecule has 11 heteroatoms. The van der Waals surface area contributed by atoms with Crippen LogP contribution >= 0.6 is 22.6 Å². The molecule has 1 rings (SSSR count). The van der Waals surface area contributed by atoms with E-state index in [0.717, 1.165) is 21.7 Å². The number of hydrogen-bond acceptors (Lipinski definition) is 6. The van der Waals surface area contributed by atoms with E-state index in [1.165, 1.54) is 13.1 Å². The molecule has 0 aliphatic heterocycles. The predicted molar refractivity (Wildman–Crippen MR) is 111 cm³/mol. The van der Waals surface area contributed by atoms with Gasteiger partial charge in [0.15, 0.2) is 0 Å². The Bertz CT molecular complexity index is 762.